The number of hydrogen-bond acceptors (Lipinski definition) is 5. The van der Waals surface area contributed by atoms with Gasteiger partial charge in [0.15, 0.2) is 12.5 Å². The third kappa shape index (κ3) is 3.72. The number of tetrazole rings is 1. The monoisotopic (exact) mass is 379 g/mol. The molecule has 2 aromatic carbocycles. The molecule has 2 heterocycles. The lowest BCUT2D eigenvalue weighted by molar-refractivity contribution is -0.924. The summed E-state index contributed by atoms with van der Waals surface area (Å²) in [6.07, 6.45) is 0. The maximum Gasteiger partial charge on any atom is 0.373 e. The van der Waals surface area contributed by atoms with Crippen LogP contribution in [0.5, 0.6) is 0 Å². The molecule has 0 atom stereocenters. The second-order valence-corrected chi connectivity index (χ2v) is 7.01. The molecule has 28 heavy (non-hydrogen) atoms. The standard InChI is InChI=1S/C20H22N6O2/c1-16(27)17-7-9-18(10-8-17)24-13-11-23(12-14-24)15-25-20(28)26(22-21-25)19-5-3-2-4-6-19/h2-10H,11-15H2,1H3/p+1. The zero-order valence-electron chi connectivity index (χ0n) is 15.8. The molecule has 1 aliphatic rings. The number of nitrogens with one attached hydrogen (secondary N) is 1. The van der Waals surface area contributed by atoms with E-state index >= 15 is 0 Å². The average molecular weight is 379 g/mol. The first-order valence-electron chi connectivity index (χ1n) is 9.39. The molecule has 144 valence electrons. The van der Waals surface area contributed by atoms with E-state index in [-0.39, 0.29) is 11.5 Å². The van der Waals surface area contributed by atoms with Crippen LogP contribution in [0.25, 0.3) is 5.69 Å². The summed E-state index contributed by atoms with van der Waals surface area (Å²) in [5.41, 5.74) is 2.35. The van der Waals surface area contributed by atoms with Crippen molar-refractivity contribution in [1.82, 2.24) is 19.8 Å². The molecule has 1 N–H and O–H groups in total. The maximum absolute atomic E-state index is 12.6. The Morgan fingerprint density at radius 2 is 1.64 bits per heavy atom. The number of piperazine rings is 1. The van der Waals surface area contributed by atoms with Gasteiger partial charge in [-0.3, -0.25) is 4.79 Å². The summed E-state index contributed by atoms with van der Waals surface area (Å²) >= 11 is 0. The number of Topliss-reactive ketones (excluding diaryl/α,β-unsaturated/α-hetero) is 1. The predicted molar refractivity (Wildman–Crippen MR) is 105 cm³/mol. The summed E-state index contributed by atoms with van der Waals surface area (Å²) in [5.74, 6) is 0.0785. The summed E-state index contributed by atoms with van der Waals surface area (Å²) in [6.45, 7) is 5.65. The van der Waals surface area contributed by atoms with Gasteiger partial charge in [0.25, 0.3) is 0 Å². The molecule has 0 radical (unpaired) electrons. The van der Waals surface area contributed by atoms with Crippen LogP contribution in [-0.4, -0.2) is 51.8 Å². The van der Waals surface area contributed by atoms with Crippen molar-refractivity contribution in [3.63, 3.8) is 0 Å². The fourth-order valence-electron chi connectivity index (χ4n) is 3.46. The highest BCUT2D eigenvalue weighted by Gasteiger charge is 2.22. The van der Waals surface area contributed by atoms with Gasteiger partial charge in [0.05, 0.1) is 31.9 Å². The van der Waals surface area contributed by atoms with E-state index in [0.717, 1.165) is 37.4 Å². The zero-order valence-corrected chi connectivity index (χ0v) is 15.8. The number of carbonyl (C=O) groups is 1. The van der Waals surface area contributed by atoms with Gasteiger partial charge in [0, 0.05) is 11.3 Å². The highest BCUT2D eigenvalue weighted by Crippen LogP contribution is 2.15. The number of hydrogen-bond donors (Lipinski definition) is 1. The fraction of sp³-hybridized carbons (Fsp3) is 0.300. The summed E-state index contributed by atoms with van der Waals surface area (Å²) < 4.78 is 2.76. The van der Waals surface area contributed by atoms with Crippen LogP contribution in [0.1, 0.15) is 17.3 Å². The number of nitrogens with zero attached hydrogens (tertiary/aromatic N) is 5. The van der Waals surface area contributed by atoms with Gasteiger partial charge in [0.1, 0.15) is 0 Å². The molecule has 8 nitrogen and oxygen atoms in total. The number of anilines is 1. The first-order chi connectivity index (χ1) is 13.6. The van der Waals surface area contributed by atoms with Gasteiger partial charge in [0.2, 0.25) is 0 Å². The van der Waals surface area contributed by atoms with Gasteiger partial charge in [-0.15, -0.1) is 4.68 Å². The predicted octanol–water partition coefficient (Wildman–Crippen LogP) is -0.00580. The molecule has 1 aromatic heterocycles. The van der Waals surface area contributed by atoms with E-state index < -0.39 is 0 Å². The Balaban J connectivity index is 1.38. The molecule has 1 fully saturated rings. The van der Waals surface area contributed by atoms with E-state index in [1.165, 1.54) is 14.3 Å². The minimum absolute atomic E-state index is 0.0785. The molecule has 0 saturated carbocycles. The van der Waals surface area contributed by atoms with Crippen molar-refractivity contribution in [3.8, 4) is 5.69 Å². The van der Waals surface area contributed by atoms with E-state index in [9.17, 15) is 9.59 Å². The van der Waals surface area contributed by atoms with E-state index in [1.807, 2.05) is 54.6 Å². The van der Waals surface area contributed by atoms with Gasteiger partial charge in [-0.2, -0.15) is 4.68 Å². The highest BCUT2D eigenvalue weighted by molar-refractivity contribution is 5.94. The number of para-hydroxylation sites is 1. The van der Waals surface area contributed by atoms with E-state index in [2.05, 4.69) is 15.3 Å². The molecule has 0 aliphatic carbocycles. The number of aromatic nitrogens is 4. The number of quaternary nitrogens is 1. The third-order valence-corrected chi connectivity index (χ3v) is 5.12. The molecular weight excluding hydrogens is 356 g/mol. The van der Waals surface area contributed by atoms with Crippen molar-refractivity contribution in [3.05, 3.63) is 70.6 Å². The normalized spacial score (nSPS) is 15.0. The minimum atomic E-state index is -0.221. The summed E-state index contributed by atoms with van der Waals surface area (Å²) in [7, 11) is 0. The molecule has 3 aromatic rings. The Bertz CT molecular complexity index is 1000. The second-order valence-electron chi connectivity index (χ2n) is 7.01. The smallest absolute Gasteiger partial charge is 0.360 e. The van der Waals surface area contributed by atoms with E-state index in [0.29, 0.717) is 12.4 Å². The van der Waals surface area contributed by atoms with Crippen molar-refractivity contribution < 1.29 is 9.69 Å². The quantitative estimate of drug-likeness (QED) is 0.631. The first-order valence-corrected chi connectivity index (χ1v) is 9.39. The van der Waals surface area contributed by atoms with Gasteiger partial charge in [-0.05, 0) is 53.7 Å². The molecular formula is C20H23N6O2+. The van der Waals surface area contributed by atoms with Crippen LogP contribution in [-0.2, 0) is 6.67 Å². The van der Waals surface area contributed by atoms with E-state index in [1.54, 1.807) is 6.92 Å². The number of ketones is 1. The van der Waals surface area contributed by atoms with Crippen LogP contribution < -0.4 is 15.5 Å². The summed E-state index contributed by atoms with van der Waals surface area (Å²) in [5, 5.41) is 8.04. The number of rotatable bonds is 5. The lowest BCUT2D eigenvalue weighted by Crippen LogP contribution is -3.14. The molecule has 0 bridgehead atoms. The maximum atomic E-state index is 12.6. The molecule has 1 saturated heterocycles. The third-order valence-electron chi connectivity index (χ3n) is 5.12. The van der Waals surface area contributed by atoms with Crippen molar-refractivity contribution >= 4 is 11.5 Å². The number of carbonyl (C=O) groups excluding carboxylic acids is 1. The minimum Gasteiger partial charge on any atom is -0.360 e. The van der Waals surface area contributed by atoms with Gasteiger partial charge in [-0.25, -0.2) is 4.79 Å². The topological polar surface area (TPSA) is 77.5 Å². The average Bonchev–Trinajstić information content (AvgIpc) is 3.09. The van der Waals surface area contributed by atoms with E-state index in [4.69, 9.17) is 0 Å². The van der Waals surface area contributed by atoms with Crippen LogP contribution in [0.3, 0.4) is 0 Å². The SMILES string of the molecule is CC(=O)c1ccc(N2CC[NH+](Cn3nnn(-c4ccccc4)c3=O)CC2)cc1. The lowest BCUT2D eigenvalue weighted by atomic mass is 10.1. The van der Waals surface area contributed by atoms with Crippen molar-refractivity contribution in [1.29, 1.82) is 0 Å². The van der Waals surface area contributed by atoms with Gasteiger partial charge in [-0.1, -0.05) is 18.2 Å². The Morgan fingerprint density at radius 1 is 0.964 bits per heavy atom. The van der Waals surface area contributed by atoms with Gasteiger partial charge >= 0.3 is 5.69 Å². The molecule has 0 unspecified atom stereocenters. The Morgan fingerprint density at radius 3 is 2.29 bits per heavy atom. The van der Waals surface area contributed by atoms with Crippen molar-refractivity contribution in [2.45, 2.75) is 13.6 Å². The van der Waals surface area contributed by atoms with Crippen molar-refractivity contribution in [2.75, 3.05) is 31.1 Å². The number of benzene rings is 2. The Hall–Kier alpha value is -3.26. The molecule has 0 spiro atoms. The van der Waals surface area contributed by atoms with Gasteiger partial charge < -0.3 is 9.80 Å². The van der Waals surface area contributed by atoms with Crippen LogP contribution in [0.4, 0.5) is 5.69 Å². The summed E-state index contributed by atoms with van der Waals surface area (Å²) in [6, 6.07) is 17.1. The lowest BCUT2D eigenvalue weighted by Gasteiger charge is -2.33. The van der Waals surface area contributed by atoms with Crippen LogP contribution in [0.15, 0.2) is 59.4 Å². The largest absolute Gasteiger partial charge is 0.373 e. The molecule has 0 amide bonds. The first kappa shape index (κ1) is 18.1. The van der Waals surface area contributed by atoms with Crippen LogP contribution >= 0.6 is 0 Å². The highest BCUT2D eigenvalue weighted by atomic mass is 16.2. The molecule has 8 heteroatoms. The second kappa shape index (κ2) is 7.77. The van der Waals surface area contributed by atoms with Crippen LogP contribution in [0, 0.1) is 0 Å². The van der Waals surface area contributed by atoms with Crippen LogP contribution in [0.2, 0.25) is 0 Å². The van der Waals surface area contributed by atoms with Crippen molar-refractivity contribution in [2.24, 2.45) is 0 Å². The molecule has 1 aliphatic heterocycles. The molecule has 4 rings (SSSR count). The fourth-order valence-corrected chi connectivity index (χ4v) is 3.46. The Kier molecular flexibility index (Phi) is 5.03. The zero-order chi connectivity index (χ0) is 19.5. The Labute approximate surface area is 162 Å². The summed E-state index contributed by atoms with van der Waals surface area (Å²) in [4.78, 5) is 27.6.